The number of carbonyl (C=O) groups excluding carboxylic acids is 1. The molecule has 4 rings (SSSR count). The maximum absolute atomic E-state index is 12.7. The topological polar surface area (TPSA) is 88.3 Å². The molecule has 160 valence electrons. The number of anilines is 1. The lowest BCUT2D eigenvalue weighted by Crippen LogP contribution is -2.36. The average molecular weight is 459 g/mol. The molecule has 0 N–H and O–H groups in total. The lowest BCUT2D eigenvalue weighted by molar-refractivity contribution is -0.384. The van der Waals surface area contributed by atoms with Crippen LogP contribution in [0.15, 0.2) is 52.4 Å². The van der Waals surface area contributed by atoms with Crippen LogP contribution >= 0.6 is 23.4 Å². The molecule has 0 saturated carbocycles. The summed E-state index contributed by atoms with van der Waals surface area (Å²) in [6.45, 7) is 3.15. The van der Waals surface area contributed by atoms with Crippen molar-refractivity contribution >= 4 is 57.6 Å². The van der Waals surface area contributed by atoms with Gasteiger partial charge >= 0.3 is 0 Å². The van der Waals surface area contributed by atoms with E-state index in [0.717, 1.165) is 37.7 Å². The number of thioether (sulfide) groups is 1. The molecule has 2 aromatic carbocycles. The minimum Gasteiger partial charge on any atom is -0.378 e. The largest absolute Gasteiger partial charge is 0.378 e. The number of hydrogen-bond donors (Lipinski definition) is 0. The molecule has 0 unspecified atom stereocenters. The highest BCUT2D eigenvalue weighted by Gasteiger charge is 2.30. The van der Waals surface area contributed by atoms with Crippen LogP contribution in [0, 0.1) is 10.1 Å². The lowest BCUT2D eigenvalue weighted by atomic mass is 10.2. The predicted molar refractivity (Wildman–Crippen MR) is 123 cm³/mol. The zero-order chi connectivity index (χ0) is 22.0. The number of carbonyl (C=O) groups is 1. The van der Waals surface area contributed by atoms with Gasteiger partial charge < -0.3 is 9.64 Å². The molecule has 2 aromatic rings. The maximum atomic E-state index is 12.7. The first-order valence-corrected chi connectivity index (χ1v) is 10.7. The van der Waals surface area contributed by atoms with E-state index < -0.39 is 4.92 Å². The molecule has 1 amide bonds. The molecule has 0 spiro atoms. The Labute approximate surface area is 188 Å². The number of nitro groups is 1. The second-order valence-electron chi connectivity index (χ2n) is 6.95. The third kappa shape index (κ3) is 4.73. The number of morpholine rings is 1. The molecule has 2 saturated heterocycles. The minimum absolute atomic E-state index is 0.0886. The molecular weight excluding hydrogens is 440 g/mol. The summed E-state index contributed by atoms with van der Waals surface area (Å²) in [6, 6.07) is 12.0. The monoisotopic (exact) mass is 458 g/mol. The van der Waals surface area contributed by atoms with Gasteiger partial charge in [-0.15, -0.1) is 0 Å². The Kier molecular flexibility index (Phi) is 6.26. The number of hydrogen-bond acceptors (Lipinski definition) is 7. The van der Waals surface area contributed by atoms with Crippen molar-refractivity contribution in [1.82, 2.24) is 4.90 Å². The van der Waals surface area contributed by atoms with Crippen LogP contribution in [0.25, 0.3) is 6.08 Å². The van der Waals surface area contributed by atoms with E-state index in [1.807, 2.05) is 24.3 Å². The quantitative estimate of drug-likeness (QED) is 0.385. The van der Waals surface area contributed by atoms with Crippen molar-refractivity contribution in [3.63, 3.8) is 0 Å². The summed E-state index contributed by atoms with van der Waals surface area (Å²) < 4.78 is 5.38. The highest BCUT2D eigenvalue weighted by atomic mass is 35.5. The van der Waals surface area contributed by atoms with Crippen LogP contribution in [0.3, 0.4) is 0 Å². The van der Waals surface area contributed by atoms with Crippen LogP contribution in [0.5, 0.6) is 0 Å². The smallest absolute Gasteiger partial charge is 0.270 e. The third-order valence-corrected chi connectivity index (χ3v) is 6.34. The maximum Gasteiger partial charge on any atom is 0.270 e. The molecule has 0 aliphatic carbocycles. The number of benzene rings is 2. The van der Waals surface area contributed by atoms with Crippen LogP contribution in [-0.4, -0.2) is 54.2 Å². The average Bonchev–Trinajstić information content (AvgIpc) is 3.04. The van der Waals surface area contributed by atoms with E-state index in [0.29, 0.717) is 20.7 Å². The van der Waals surface area contributed by atoms with Gasteiger partial charge in [-0.1, -0.05) is 11.6 Å². The van der Waals surface area contributed by atoms with Gasteiger partial charge in [-0.3, -0.25) is 19.8 Å². The third-order valence-electron chi connectivity index (χ3n) is 4.93. The van der Waals surface area contributed by atoms with Gasteiger partial charge in [0.25, 0.3) is 11.6 Å². The first-order chi connectivity index (χ1) is 14.9. The van der Waals surface area contributed by atoms with E-state index in [2.05, 4.69) is 9.89 Å². The van der Waals surface area contributed by atoms with Crippen LogP contribution in [0.4, 0.5) is 17.1 Å². The van der Waals surface area contributed by atoms with Gasteiger partial charge in [-0.25, -0.2) is 4.99 Å². The van der Waals surface area contributed by atoms with Crippen molar-refractivity contribution in [3.8, 4) is 0 Å². The summed E-state index contributed by atoms with van der Waals surface area (Å²) in [5.74, 6) is -0.240. The fourth-order valence-corrected chi connectivity index (χ4v) is 4.37. The Balaban J connectivity index is 1.55. The van der Waals surface area contributed by atoms with E-state index in [4.69, 9.17) is 16.3 Å². The number of non-ortho nitro benzene ring substituents is 1. The van der Waals surface area contributed by atoms with Crippen molar-refractivity contribution in [3.05, 3.63) is 68.1 Å². The zero-order valence-electron chi connectivity index (χ0n) is 16.7. The number of rotatable bonds is 4. The predicted octanol–water partition coefficient (Wildman–Crippen LogP) is 4.32. The molecule has 8 nitrogen and oxygen atoms in total. The van der Waals surface area contributed by atoms with Gasteiger partial charge in [0.15, 0.2) is 5.17 Å². The minimum atomic E-state index is -0.498. The van der Waals surface area contributed by atoms with Gasteiger partial charge in [0.2, 0.25) is 0 Å². The van der Waals surface area contributed by atoms with E-state index in [9.17, 15) is 14.9 Å². The van der Waals surface area contributed by atoms with Gasteiger partial charge in [0, 0.05) is 48.5 Å². The summed E-state index contributed by atoms with van der Waals surface area (Å²) in [7, 11) is 1.64. The molecular formula is C21H19ClN4O4S. The Morgan fingerprint density at radius 1 is 1.19 bits per heavy atom. The second kappa shape index (κ2) is 9.09. The Bertz CT molecular complexity index is 1080. The summed E-state index contributed by atoms with van der Waals surface area (Å²) in [5, 5.41) is 11.9. The Morgan fingerprint density at radius 3 is 2.58 bits per heavy atom. The van der Waals surface area contributed by atoms with E-state index in [1.165, 1.54) is 34.9 Å². The van der Waals surface area contributed by atoms with Crippen LogP contribution in [-0.2, 0) is 9.53 Å². The normalized spacial score (nSPS) is 19.5. The lowest BCUT2D eigenvalue weighted by Gasteiger charge is -2.28. The number of aliphatic imine (C=N–C) groups is 1. The zero-order valence-corrected chi connectivity index (χ0v) is 18.2. The van der Waals surface area contributed by atoms with Crippen LogP contribution in [0.2, 0.25) is 5.02 Å². The van der Waals surface area contributed by atoms with Gasteiger partial charge in [-0.05, 0) is 48.2 Å². The van der Waals surface area contributed by atoms with E-state index >= 15 is 0 Å². The molecule has 31 heavy (non-hydrogen) atoms. The Morgan fingerprint density at radius 2 is 1.90 bits per heavy atom. The van der Waals surface area contributed by atoms with E-state index in [1.54, 1.807) is 13.1 Å². The summed E-state index contributed by atoms with van der Waals surface area (Å²) in [6.07, 6.45) is 1.56. The van der Waals surface area contributed by atoms with Gasteiger partial charge in [0.05, 0.1) is 28.7 Å². The summed E-state index contributed by atoms with van der Waals surface area (Å²) in [5.41, 5.74) is 2.16. The number of likely N-dealkylation sites (N-methyl/N-ethyl adjacent to an activating group) is 1. The van der Waals surface area contributed by atoms with Crippen molar-refractivity contribution in [2.24, 2.45) is 4.99 Å². The molecule has 2 heterocycles. The number of amidine groups is 1. The fourth-order valence-electron chi connectivity index (χ4n) is 3.22. The highest BCUT2D eigenvalue weighted by Crippen LogP contribution is 2.35. The van der Waals surface area contributed by atoms with Crippen LogP contribution in [0.1, 0.15) is 5.56 Å². The van der Waals surface area contributed by atoms with Crippen molar-refractivity contribution < 1.29 is 14.5 Å². The number of ether oxygens (including phenoxy) is 1. The standard InChI is InChI=1S/C21H19ClN4O4S/c1-24-20(27)19(13-14-12-17(26(28)29)6-7-18(14)22)31-21(24)23-15-2-4-16(5-3-15)25-8-10-30-11-9-25/h2-7,12-13H,8-11H2,1H3/b19-13-,23-21?. The van der Waals surface area contributed by atoms with Crippen molar-refractivity contribution in [2.45, 2.75) is 0 Å². The number of halogens is 1. The molecule has 2 aliphatic heterocycles. The first-order valence-electron chi connectivity index (χ1n) is 9.55. The first kappa shape index (κ1) is 21.4. The second-order valence-corrected chi connectivity index (χ2v) is 8.36. The Hall–Kier alpha value is -2.88. The molecule has 0 radical (unpaired) electrons. The molecule has 2 fully saturated rings. The molecule has 10 heteroatoms. The number of amides is 1. The number of nitrogens with zero attached hydrogens (tertiary/aromatic N) is 4. The van der Waals surface area contributed by atoms with Crippen LogP contribution < -0.4 is 4.90 Å². The fraction of sp³-hybridized carbons (Fsp3) is 0.238. The van der Waals surface area contributed by atoms with Gasteiger partial charge in [0.1, 0.15) is 0 Å². The summed E-state index contributed by atoms with van der Waals surface area (Å²) >= 11 is 7.37. The highest BCUT2D eigenvalue weighted by molar-refractivity contribution is 8.18. The number of nitro benzene ring substituents is 1. The SMILES string of the molecule is CN1C(=O)/C(=C/c2cc([N+](=O)[O-])ccc2Cl)SC1=Nc1ccc(N2CCOCC2)cc1. The molecule has 2 aliphatic rings. The van der Waals surface area contributed by atoms with Crippen molar-refractivity contribution in [2.75, 3.05) is 38.3 Å². The van der Waals surface area contributed by atoms with E-state index in [-0.39, 0.29) is 11.6 Å². The molecule has 0 atom stereocenters. The van der Waals surface area contributed by atoms with Crippen molar-refractivity contribution in [1.29, 1.82) is 0 Å². The summed E-state index contributed by atoms with van der Waals surface area (Å²) in [4.78, 5) is 31.9. The molecule has 0 bridgehead atoms. The van der Waals surface area contributed by atoms with Gasteiger partial charge in [-0.2, -0.15) is 0 Å². The molecule has 0 aromatic heterocycles.